The molecule has 2 rings (SSSR count). The van der Waals surface area contributed by atoms with Crippen LogP contribution in [0.3, 0.4) is 0 Å². The predicted octanol–water partition coefficient (Wildman–Crippen LogP) is 2.97. The molecule has 0 aromatic heterocycles. The molecule has 0 spiro atoms. The molecule has 1 nitrogen and oxygen atoms in total. The zero-order valence-electron chi connectivity index (χ0n) is 9.14. The first kappa shape index (κ1) is 9.26. The molecule has 13 heavy (non-hydrogen) atoms. The first-order valence-corrected chi connectivity index (χ1v) is 5.62. The Balaban J connectivity index is 2.20. The van der Waals surface area contributed by atoms with Crippen molar-refractivity contribution in [2.75, 3.05) is 6.54 Å². The van der Waals surface area contributed by atoms with Crippen LogP contribution in [0.2, 0.25) is 0 Å². The molecule has 0 radical (unpaired) electrons. The zero-order chi connectivity index (χ0) is 9.42. The standard InChI is InChI=1S/C12H21N/c1-9-8-12-6-4-5-7-13(12)11(3)10(9)2/h11-12H,4-8H2,1-3H3. The highest BCUT2D eigenvalue weighted by molar-refractivity contribution is 5.21. The highest BCUT2D eigenvalue weighted by Gasteiger charge is 2.31. The Morgan fingerprint density at radius 3 is 2.77 bits per heavy atom. The van der Waals surface area contributed by atoms with Crippen LogP contribution in [0.1, 0.15) is 46.5 Å². The van der Waals surface area contributed by atoms with Crippen molar-refractivity contribution in [1.82, 2.24) is 4.90 Å². The molecule has 2 aliphatic heterocycles. The van der Waals surface area contributed by atoms with E-state index in [4.69, 9.17) is 0 Å². The van der Waals surface area contributed by atoms with Crippen LogP contribution in [0.5, 0.6) is 0 Å². The van der Waals surface area contributed by atoms with Crippen LogP contribution in [-0.2, 0) is 0 Å². The minimum absolute atomic E-state index is 0.707. The van der Waals surface area contributed by atoms with Crippen LogP contribution in [0, 0.1) is 0 Å². The van der Waals surface area contributed by atoms with Gasteiger partial charge in [-0.2, -0.15) is 0 Å². The highest BCUT2D eigenvalue weighted by Crippen LogP contribution is 2.33. The number of rotatable bonds is 0. The summed E-state index contributed by atoms with van der Waals surface area (Å²) in [5.41, 5.74) is 3.27. The lowest BCUT2D eigenvalue weighted by atomic mass is 9.86. The van der Waals surface area contributed by atoms with E-state index in [1.807, 2.05) is 0 Å². The molecule has 1 heteroatoms. The van der Waals surface area contributed by atoms with Gasteiger partial charge in [0.05, 0.1) is 0 Å². The van der Waals surface area contributed by atoms with Crippen LogP contribution in [0.25, 0.3) is 0 Å². The van der Waals surface area contributed by atoms with Gasteiger partial charge < -0.3 is 0 Å². The first-order chi connectivity index (χ1) is 6.20. The topological polar surface area (TPSA) is 3.24 Å². The molecule has 1 fully saturated rings. The van der Waals surface area contributed by atoms with E-state index in [-0.39, 0.29) is 0 Å². The molecular formula is C12H21N. The Morgan fingerprint density at radius 2 is 2.00 bits per heavy atom. The third kappa shape index (κ3) is 1.54. The van der Waals surface area contributed by atoms with Gasteiger partial charge in [-0.3, -0.25) is 4.90 Å². The average Bonchev–Trinajstić information content (AvgIpc) is 2.15. The van der Waals surface area contributed by atoms with Crippen LogP contribution < -0.4 is 0 Å². The van der Waals surface area contributed by atoms with Gasteiger partial charge in [-0.25, -0.2) is 0 Å². The summed E-state index contributed by atoms with van der Waals surface area (Å²) in [4.78, 5) is 2.71. The molecule has 0 aliphatic carbocycles. The van der Waals surface area contributed by atoms with Gasteiger partial charge in [-0.15, -0.1) is 0 Å². The first-order valence-electron chi connectivity index (χ1n) is 5.62. The van der Waals surface area contributed by atoms with E-state index in [1.54, 1.807) is 11.1 Å². The summed E-state index contributed by atoms with van der Waals surface area (Å²) in [6.07, 6.45) is 5.61. The van der Waals surface area contributed by atoms with Crippen molar-refractivity contribution >= 4 is 0 Å². The maximum Gasteiger partial charge on any atom is 0.0282 e. The van der Waals surface area contributed by atoms with Crippen molar-refractivity contribution in [2.24, 2.45) is 0 Å². The van der Waals surface area contributed by atoms with Gasteiger partial charge in [-0.05, 0) is 46.6 Å². The van der Waals surface area contributed by atoms with Crippen molar-refractivity contribution in [3.8, 4) is 0 Å². The Kier molecular flexibility index (Phi) is 2.46. The van der Waals surface area contributed by atoms with Gasteiger partial charge >= 0.3 is 0 Å². The number of hydrogen-bond donors (Lipinski definition) is 0. The smallest absolute Gasteiger partial charge is 0.0282 e. The van der Waals surface area contributed by atoms with Crippen molar-refractivity contribution in [3.63, 3.8) is 0 Å². The molecule has 0 amide bonds. The van der Waals surface area contributed by atoms with Crippen LogP contribution in [0.15, 0.2) is 11.1 Å². The third-order valence-corrected chi connectivity index (χ3v) is 4.01. The molecule has 74 valence electrons. The van der Waals surface area contributed by atoms with E-state index in [9.17, 15) is 0 Å². The molecule has 1 saturated heterocycles. The lowest BCUT2D eigenvalue weighted by Crippen LogP contribution is -2.48. The maximum absolute atomic E-state index is 2.71. The second-order valence-corrected chi connectivity index (χ2v) is 4.73. The number of piperidine rings is 1. The molecule has 2 unspecified atom stereocenters. The van der Waals surface area contributed by atoms with E-state index >= 15 is 0 Å². The molecule has 0 saturated carbocycles. The number of fused-ring (bicyclic) bond motifs is 1. The van der Waals surface area contributed by atoms with E-state index in [0.29, 0.717) is 6.04 Å². The summed E-state index contributed by atoms with van der Waals surface area (Å²) in [6, 6.07) is 1.58. The zero-order valence-corrected chi connectivity index (χ0v) is 9.14. The van der Waals surface area contributed by atoms with Crippen molar-refractivity contribution < 1.29 is 0 Å². The molecule has 2 atom stereocenters. The number of hydrogen-bond acceptors (Lipinski definition) is 1. The summed E-state index contributed by atoms with van der Waals surface area (Å²) in [6.45, 7) is 8.33. The lowest BCUT2D eigenvalue weighted by molar-refractivity contribution is 0.107. The normalized spacial score (nSPS) is 36.2. The van der Waals surface area contributed by atoms with Crippen molar-refractivity contribution in [3.05, 3.63) is 11.1 Å². The fraction of sp³-hybridized carbons (Fsp3) is 0.833. The van der Waals surface area contributed by atoms with Gasteiger partial charge in [0.15, 0.2) is 0 Å². The predicted molar refractivity (Wildman–Crippen MR) is 56.8 cm³/mol. The van der Waals surface area contributed by atoms with Gasteiger partial charge in [-0.1, -0.05) is 17.6 Å². The molecule has 0 aromatic rings. The molecule has 0 bridgehead atoms. The highest BCUT2D eigenvalue weighted by atomic mass is 15.2. The molecular weight excluding hydrogens is 158 g/mol. The fourth-order valence-corrected chi connectivity index (χ4v) is 2.87. The molecule has 0 aromatic carbocycles. The van der Waals surface area contributed by atoms with Crippen LogP contribution >= 0.6 is 0 Å². The lowest BCUT2D eigenvalue weighted by Gasteiger charge is -2.44. The second-order valence-electron chi connectivity index (χ2n) is 4.73. The Labute approximate surface area is 81.8 Å². The minimum Gasteiger partial charge on any atom is -0.294 e. The van der Waals surface area contributed by atoms with Gasteiger partial charge in [0, 0.05) is 12.1 Å². The molecule has 2 heterocycles. The molecule has 0 N–H and O–H groups in total. The maximum atomic E-state index is 2.71. The van der Waals surface area contributed by atoms with E-state index in [1.165, 1.54) is 32.2 Å². The second kappa shape index (κ2) is 3.45. The summed E-state index contributed by atoms with van der Waals surface area (Å²) in [5.74, 6) is 0. The van der Waals surface area contributed by atoms with Crippen LogP contribution in [-0.4, -0.2) is 23.5 Å². The van der Waals surface area contributed by atoms with E-state index in [2.05, 4.69) is 25.7 Å². The van der Waals surface area contributed by atoms with E-state index < -0.39 is 0 Å². The summed E-state index contributed by atoms with van der Waals surface area (Å²) in [7, 11) is 0. The van der Waals surface area contributed by atoms with Gasteiger partial charge in [0.25, 0.3) is 0 Å². The van der Waals surface area contributed by atoms with Gasteiger partial charge in [0.2, 0.25) is 0 Å². The Morgan fingerprint density at radius 1 is 1.23 bits per heavy atom. The minimum atomic E-state index is 0.707. The summed E-state index contributed by atoms with van der Waals surface area (Å²) >= 11 is 0. The van der Waals surface area contributed by atoms with Crippen LogP contribution in [0.4, 0.5) is 0 Å². The largest absolute Gasteiger partial charge is 0.294 e. The van der Waals surface area contributed by atoms with Gasteiger partial charge in [0.1, 0.15) is 0 Å². The quantitative estimate of drug-likeness (QED) is 0.517. The van der Waals surface area contributed by atoms with E-state index in [0.717, 1.165) is 6.04 Å². The summed E-state index contributed by atoms with van der Waals surface area (Å²) in [5, 5.41) is 0. The fourth-order valence-electron chi connectivity index (χ4n) is 2.87. The Bertz CT molecular complexity index is 229. The average molecular weight is 179 g/mol. The number of nitrogens with zero attached hydrogens (tertiary/aromatic N) is 1. The SMILES string of the molecule is CC1=C(C)C(C)N2CCCCC2C1. The third-order valence-electron chi connectivity index (χ3n) is 4.01. The molecule has 2 aliphatic rings. The Hall–Kier alpha value is -0.300. The van der Waals surface area contributed by atoms with Crippen molar-refractivity contribution in [1.29, 1.82) is 0 Å². The van der Waals surface area contributed by atoms with Crippen molar-refractivity contribution in [2.45, 2.75) is 58.5 Å². The monoisotopic (exact) mass is 179 g/mol. The summed E-state index contributed by atoms with van der Waals surface area (Å²) < 4.78 is 0.